The number of carbonyl (C=O) groups is 2. The fraction of sp³-hybridized carbons (Fsp3) is 0.500. The molecule has 1 heterocycles. The van der Waals surface area contributed by atoms with Crippen LogP contribution in [0.2, 0.25) is 0 Å². The van der Waals surface area contributed by atoms with Crippen molar-refractivity contribution in [1.82, 2.24) is 4.90 Å². The van der Waals surface area contributed by atoms with Gasteiger partial charge in [0, 0.05) is 6.54 Å². The number of amides is 1. The Morgan fingerprint density at radius 3 is 2.53 bits per heavy atom. The van der Waals surface area contributed by atoms with Gasteiger partial charge in [0.15, 0.2) is 5.76 Å². The smallest absolute Gasteiger partial charge is 0.325 e. The third-order valence-corrected chi connectivity index (χ3v) is 2.25. The molecule has 0 saturated carbocycles. The highest BCUT2D eigenvalue weighted by molar-refractivity contribution is 5.93. The van der Waals surface area contributed by atoms with E-state index in [0.717, 1.165) is 0 Å². The molecule has 0 atom stereocenters. The fourth-order valence-corrected chi connectivity index (χ4v) is 1.39. The Balaban J connectivity index is 2.67. The lowest BCUT2D eigenvalue weighted by Gasteiger charge is -2.18. The molecular weight excluding hydrogens is 222 g/mol. The number of ether oxygens (including phenoxy) is 1. The Kier molecular flexibility index (Phi) is 4.75. The quantitative estimate of drug-likeness (QED) is 0.732. The molecule has 0 spiro atoms. The van der Waals surface area contributed by atoms with Crippen LogP contribution >= 0.6 is 0 Å². The monoisotopic (exact) mass is 239 g/mol. The molecule has 0 fully saturated rings. The second kappa shape index (κ2) is 6.08. The van der Waals surface area contributed by atoms with Gasteiger partial charge in [-0.25, -0.2) is 0 Å². The minimum absolute atomic E-state index is 0.0527. The molecule has 0 N–H and O–H groups in total. The van der Waals surface area contributed by atoms with Gasteiger partial charge in [-0.1, -0.05) is 0 Å². The third kappa shape index (κ3) is 3.62. The molecule has 94 valence electrons. The van der Waals surface area contributed by atoms with Gasteiger partial charge in [0.05, 0.1) is 6.61 Å². The van der Waals surface area contributed by atoms with Gasteiger partial charge in [0.25, 0.3) is 5.91 Å². The van der Waals surface area contributed by atoms with Crippen molar-refractivity contribution >= 4 is 11.9 Å². The minimum atomic E-state index is -0.411. The summed E-state index contributed by atoms with van der Waals surface area (Å²) in [6, 6.07) is 3.32. The molecule has 1 aromatic rings. The first-order valence-electron chi connectivity index (χ1n) is 5.59. The average Bonchev–Trinajstić information content (AvgIpc) is 2.72. The highest BCUT2D eigenvalue weighted by atomic mass is 16.5. The number of furan rings is 1. The molecule has 1 rings (SSSR count). The minimum Gasteiger partial charge on any atom is -0.465 e. The third-order valence-electron chi connectivity index (χ3n) is 2.25. The first-order valence-corrected chi connectivity index (χ1v) is 5.59. The number of esters is 1. The zero-order chi connectivity index (χ0) is 12.8. The van der Waals surface area contributed by atoms with E-state index in [-0.39, 0.29) is 18.2 Å². The molecule has 5 heteroatoms. The van der Waals surface area contributed by atoms with Gasteiger partial charge in [0.2, 0.25) is 0 Å². The predicted molar refractivity (Wildman–Crippen MR) is 61.7 cm³/mol. The molecule has 0 aliphatic heterocycles. The van der Waals surface area contributed by atoms with E-state index >= 15 is 0 Å². The molecule has 0 aliphatic carbocycles. The lowest BCUT2D eigenvalue weighted by atomic mass is 10.3. The number of hydrogen-bond acceptors (Lipinski definition) is 4. The van der Waals surface area contributed by atoms with E-state index in [2.05, 4.69) is 0 Å². The van der Waals surface area contributed by atoms with Gasteiger partial charge in [0.1, 0.15) is 12.3 Å². The van der Waals surface area contributed by atoms with E-state index in [0.29, 0.717) is 18.9 Å². The van der Waals surface area contributed by atoms with Crippen LogP contribution < -0.4 is 0 Å². The molecule has 1 amide bonds. The van der Waals surface area contributed by atoms with Crippen molar-refractivity contribution in [1.29, 1.82) is 0 Å². The van der Waals surface area contributed by atoms with E-state index in [1.54, 1.807) is 32.9 Å². The van der Waals surface area contributed by atoms with Crippen LogP contribution in [0.1, 0.15) is 30.2 Å². The van der Waals surface area contributed by atoms with Crippen LogP contribution in [0.3, 0.4) is 0 Å². The van der Waals surface area contributed by atoms with Crippen LogP contribution in [0.15, 0.2) is 16.5 Å². The van der Waals surface area contributed by atoms with Crippen molar-refractivity contribution in [2.75, 3.05) is 19.7 Å². The van der Waals surface area contributed by atoms with E-state index in [9.17, 15) is 9.59 Å². The van der Waals surface area contributed by atoms with Crippen molar-refractivity contribution in [2.24, 2.45) is 0 Å². The Labute approximate surface area is 100 Å². The second-order valence-electron chi connectivity index (χ2n) is 3.53. The first kappa shape index (κ1) is 13.3. The molecule has 5 nitrogen and oxygen atoms in total. The largest absolute Gasteiger partial charge is 0.465 e. The number of nitrogens with zero attached hydrogens (tertiary/aromatic N) is 1. The number of hydrogen-bond donors (Lipinski definition) is 0. The number of rotatable bonds is 5. The molecular formula is C12H17NO4. The maximum atomic E-state index is 12.0. The Hall–Kier alpha value is -1.78. The van der Waals surface area contributed by atoms with Crippen LogP contribution in [0.5, 0.6) is 0 Å². The van der Waals surface area contributed by atoms with E-state index in [4.69, 9.17) is 9.15 Å². The standard InChI is InChI=1S/C12H17NO4/c1-4-13(8-11(14)16-5-2)12(15)10-7-6-9(3)17-10/h6-7H,4-5,8H2,1-3H3. The van der Waals surface area contributed by atoms with Gasteiger partial charge >= 0.3 is 5.97 Å². The highest BCUT2D eigenvalue weighted by Gasteiger charge is 2.20. The van der Waals surface area contributed by atoms with Crippen LogP contribution in [-0.4, -0.2) is 36.5 Å². The summed E-state index contributed by atoms with van der Waals surface area (Å²) in [6.07, 6.45) is 0. The zero-order valence-corrected chi connectivity index (χ0v) is 10.4. The summed E-state index contributed by atoms with van der Waals surface area (Å²) in [5.74, 6) is 0.203. The zero-order valence-electron chi connectivity index (χ0n) is 10.4. The average molecular weight is 239 g/mol. The molecule has 0 saturated heterocycles. The van der Waals surface area contributed by atoms with Crippen molar-refractivity contribution in [3.63, 3.8) is 0 Å². The van der Waals surface area contributed by atoms with Crippen molar-refractivity contribution in [3.8, 4) is 0 Å². The second-order valence-corrected chi connectivity index (χ2v) is 3.53. The van der Waals surface area contributed by atoms with Crippen molar-refractivity contribution in [3.05, 3.63) is 23.7 Å². The molecule has 0 radical (unpaired) electrons. The Bertz CT molecular complexity index is 397. The molecule has 0 bridgehead atoms. The van der Waals surface area contributed by atoms with Gasteiger partial charge in [-0.3, -0.25) is 9.59 Å². The van der Waals surface area contributed by atoms with Crippen LogP contribution in [-0.2, 0) is 9.53 Å². The number of likely N-dealkylation sites (N-methyl/N-ethyl adjacent to an activating group) is 1. The summed E-state index contributed by atoms with van der Waals surface area (Å²) < 4.78 is 10.0. The summed E-state index contributed by atoms with van der Waals surface area (Å²) in [5.41, 5.74) is 0. The lowest BCUT2D eigenvalue weighted by molar-refractivity contribution is -0.143. The molecule has 0 aliphatic rings. The van der Waals surface area contributed by atoms with Crippen LogP contribution in [0.25, 0.3) is 0 Å². The topological polar surface area (TPSA) is 59.8 Å². The molecule has 1 aromatic heterocycles. The summed E-state index contributed by atoms with van der Waals surface area (Å²) in [5, 5.41) is 0. The fourth-order valence-electron chi connectivity index (χ4n) is 1.39. The van der Waals surface area contributed by atoms with Crippen LogP contribution in [0, 0.1) is 6.92 Å². The van der Waals surface area contributed by atoms with Gasteiger partial charge < -0.3 is 14.1 Å². The van der Waals surface area contributed by atoms with E-state index < -0.39 is 5.97 Å². The van der Waals surface area contributed by atoms with Crippen LogP contribution in [0.4, 0.5) is 0 Å². The Morgan fingerprint density at radius 1 is 1.35 bits per heavy atom. The maximum Gasteiger partial charge on any atom is 0.325 e. The molecule has 0 unspecified atom stereocenters. The number of carbonyl (C=O) groups excluding carboxylic acids is 2. The van der Waals surface area contributed by atoms with E-state index in [1.165, 1.54) is 4.90 Å². The van der Waals surface area contributed by atoms with Gasteiger partial charge in [-0.15, -0.1) is 0 Å². The SMILES string of the molecule is CCOC(=O)CN(CC)C(=O)c1ccc(C)o1. The number of aryl methyl sites for hydroxylation is 1. The summed E-state index contributed by atoms with van der Waals surface area (Å²) in [4.78, 5) is 24.6. The lowest BCUT2D eigenvalue weighted by Crippen LogP contribution is -2.36. The van der Waals surface area contributed by atoms with Crippen molar-refractivity contribution < 1.29 is 18.7 Å². The Morgan fingerprint density at radius 2 is 2.06 bits per heavy atom. The van der Waals surface area contributed by atoms with E-state index in [1.807, 2.05) is 0 Å². The van der Waals surface area contributed by atoms with Crippen molar-refractivity contribution in [2.45, 2.75) is 20.8 Å². The first-order chi connectivity index (χ1) is 8.08. The highest BCUT2D eigenvalue weighted by Crippen LogP contribution is 2.09. The van der Waals surface area contributed by atoms with Gasteiger partial charge in [-0.05, 0) is 32.9 Å². The summed E-state index contributed by atoms with van der Waals surface area (Å²) >= 11 is 0. The summed E-state index contributed by atoms with van der Waals surface area (Å²) in [7, 11) is 0. The predicted octanol–water partition coefficient (Wildman–Crippen LogP) is 1.61. The molecule has 0 aromatic carbocycles. The summed E-state index contributed by atoms with van der Waals surface area (Å²) in [6.45, 7) is 5.97. The maximum absolute atomic E-state index is 12.0. The molecule has 17 heavy (non-hydrogen) atoms. The normalized spacial score (nSPS) is 10.1. The van der Waals surface area contributed by atoms with Gasteiger partial charge in [-0.2, -0.15) is 0 Å².